The molecule has 0 spiro atoms. The van der Waals surface area contributed by atoms with E-state index in [4.69, 9.17) is 5.73 Å². The van der Waals surface area contributed by atoms with Crippen LogP contribution < -0.4 is 16.0 Å². The number of hydrogen-bond acceptors (Lipinski definition) is 9. The third-order valence-corrected chi connectivity index (χ3v) is 6.57. The molecule has 10 heteroatoms. The molecule has 0 bridgehead atoms. The SMILES string of the molecule is Cc1cc(Nc2ccc(C(=O)N(C)CC3(O)CCCN(c4ccnc5ccncc45)C3)cc2)nc(N)n1. The number of carbonyl (C=O) groups excluding carboxylic acids is 1. The van der Waals surface area contributed by atoms with Crippen LogP contribution in [0, 0.1) is 6.92 Å². The standard InChI is InChI=1S/C27H30N8O2/c1-18-14-24(33-26(28)31-18)32-20-6-4-19(5-7-20)25(36)34(2)16-27(37)10-3-13-35(17-27)23-9-12-30-22-8-11-29-15-21(22)23/h4-9,11-12,14-15,37H,3,10,13,16-17H2,1-2H3,(H3,28,31,32,33). The van der Waals surface area contributed by atoms with E-state index in [1.165, 1.54) is 0 Å². The fraction of sp³-hybridized carbons (Fsp3) is 0.296. The Morgan fingerprint density at radius 2 is 2.00 bits per heavy atom. The first kappa shape index (κ1) is 24.4. The van der Waals surface area contributed by atoms with Gasteiger partial charge in [0, 0.05) is 72.8 Å². The molecule has 1 fully saturated rings. The number of piperidine rings is 1. The zero-order chi connectivity index (χ0) is 26.0. The number of nitrogen functional groups attached to an aromatic ring is 1. The maximum atomic E-state index is 13.2. The normalized spacial score (nSPS) is 17.5. The van der Waals surface area contributed by atoms with Gasteiger partial charge >= 0.3 is 0 Å². The molecule has 3 aromatic heterocycles. The lowest BCUT2D eigenvalue weighted by Gasteiger charge is -2.42. The molecule has 1 aromatic carbocycles. The summed E-state index contributed by atoms with van der Waals surface area (Å²) in [6, 6.07) is 12.8. The van der Waals surface area contributed by atoms with Crippen LogP contribution in [0.15, 0.2) is 61.1 Å². The first-order valence-corrected chi connectivity index (χ1v) is 12.2. The number of likely N-dealkylation sites (N-methyl/N-ethyl adjacent to an activating group) is 1. The summed E-state index contributed by atoms with van der Waals surface area (Å²) in [5.41, 5.74) is 8.62. The van der Waals surface area contributed by atoms with Crippen LogP contribution in [0.4, 0.5) is 23.1 Å². The van der Waals surface area contributed by atoms with Crippen LogP contribution in [0.2, 0.25) is 0 Å². The topological polar surface area (TPSA) is 133 Å². The van der Waals surface area contributed by atoms with Gasteiger partial charge in [0.05, 0.1) is 17.7 Å². The summed E-state index contributed by atoms with van der Waals surface area (Å²) in [6.07, 6.45) is 6.74. The molecule has 1 unspecified atom stereocenters. The quantitative estimate of drug-likeness (QED) is 0.366. The number of nitrogens with one attached hydrogen (secondary N) is 1. The van der Waals surface area contributed by atoms with Crippen LogP contribution in [0.25, 0.3) is 10.9 Å². The summed E-state index contributed by atoms with van der Waals surface area (Å²) in [6.45, 7) is 3.31. The highest BCUT2D eigenvalue weighted by molar-refractivity contribution is 5.94. The van der Waals surface area contributed by atoms with Crippen molar-refractivity contribution in [2.45, 2.75) is 25.4 Å². The molecule has 0 radical (unpaired) electrons. The zero-order valence-corrected chi connectivity index (χ0v) is 20.9. The number of pyridine rings is 2. The van der Waals surface area contributed by atoms with Gasteiger partial charge in [0.1, 0.15) is 5.82 Å². The fourth-order valence-corrected chi connectivity index (χ4v) is 4.93. The van der Waals surface area contributed by atoms with Gasteiger partial charge in [-0.2, -0.15) is 4.98 Å². The summed E-state index contributed by atoms with van der Waals surface area (Å²) in [5.74, 6) is 0.629. The van der Waals surface area contributed by atoms with Crippen molar-refractivity contribution in [2.24, 2.45) is 0 Å². The molecule has 1 saturated heterocycles. The molecule has 5 rings (SSSR count). The first-order chi connectivity index (χ1) is 17.8. The summed E-state index contributed by atoms with van der Waals surface area (Å²) in [5, 5.41) is 15.6. The second-order valence-electron chi connectivity index (χ2n) is 9.59. The number of aromatic nitrogens is 4. The molecular formula is C27H30N8O2. The number of carbonyl (C=O) groups is 1. The Balaban J connectivity index is 1.25. The number of fused-ring (bicyclic) bond motifs is 1. The zero-order valence-electron chi connectivity index (χ0n) is 20.9. The predicted molar refractivity (Wildman–Crippen MR) is 144 cm³/mol. The second kappa shape index (κ2) is 9.98. The third-order valence-electron chi connectivity index (χ3n) is 6.57. The second-order valence-corrected chi connectivity index (χ2v) is 9.59. The first-order valence-electron chi connectivity index (χ1n) is 12.2. The number of rotatable bonds is 6. The molecule has 4 heterocycles. The van der Waals surface area contributed by atoms with Crippen LogP contribution >= 0.6 is 0 Å². The molecule has 1 aliphatic heterocycles. The number of nitrogens with zero attached hydrogens (tertiary/aromatic N) is 6. The highest BCUT2D eigenvalue weighted by Crippen LogP contribution is 2.31. The van der Waals surface area contributed by atoms with Gasteiger partial charge in [0.2, 0.25) is 5.95 Å². The Morgan fingerprint density at radius 1 is 1.19 bits per heavy atom. The van der Waals surface area contributed by atoms with Crippen LogP contribution in [0.3, 0.4) is 0 Å². The Kier molecular flexibility index (Phi) is 6.58. The molecule has 4 aromatic rings. The lowest BCUT2D eigenvalue weighted by Crippen LogP contribution is -2.54. The highest BCUT2D eigenvalue weighted by Gasteiger charge is 2.36. The maximum Gasteiger partial charge on any atom is 0.253 e. The van der Waals surface area contributed by atoms with Crippen molar-refractivity contribution in [1.29, 1.82) is 0 Å². The largest absolute Gasteiger partial charge is 0.386 e. The summed E-state index contributed by atoms with van der Waals surface area (Å²) in [4.78, 5) is 33.8. The summed E-state index contributed by atoms with van der Waals surface area (Å²) < 4.78 is 0. The Morgan fingerprint density at radius 3 is 2.78 bits per heavy atom. The van der Waals surface area contributed by atoms with Crippen molar-refractivity contribution < 1.29 is 9.90 Å². The molecule has 10 nitrogen and oxygen atoms in total. The third kappa shape index (κ3) is 5.44. The molecule has 1 aliphatic rings. The average Bonchev–Trinajstić information content (AvgIpc) is 2.87. The molecule has 1 amide bonds. The molecule has 0 saturated carbocycles. The number of nitrogens with two attached hydrogens (primary N) is 1. The molecule has 4 N–H and O–H groups in total. The van der Waals surface area contributed by atoms with Crippen molar-refractivity contribution in [3.8, 4) is 0 Å². The van der Waals surface area contributed by atoms with Crippen molar-refractivity contribution in [3.63, 3.8) is 0 Å². The highest BCUT2D eigenvalue weighted by atomic mass is 16.3. The molecule has 0 aliphatic carbocycles. The number of aryl methyl sites for hydroxylation is 1. The van der Waals surface area contributed by atoms with E-state index in [0.717, 1.165) is 40.9 Å². The number of benzene rings is 1. The molecule has 190 valence electrons. The van der Waals surface area contributed by atoms with Crippen molar-refractivity contribution >= 4 is 40.0 Å². The fourth-order valence-electron chi connectivity index (χ4n) is 4.93. The smallest absolute Gasteiger partial charge is 0.253 e. The van der Waals surface area contributed by atoms with Crippen LogP contribution in [-0.4, -0.2) is 68.1 Å². The van der Waals surface area contributed by atoms with Gasteiger partial charge in [-0.05, 0) is 56.2 Å². The number of amides is 1. The van der Waals surface area contributed by atoms with Crippen molar-refractivity contribution in [2.75, 3.05) is 42.6 Å². The Labute approximate surface area is 215 Å². The maximum absolute atomic E-state index is 13.2. The van der Waals surface area contributed by atoms with Gasteiger partial charge in [0.15, 0.2) is 0 Å². The van der Waals surface area contributed by atoms with Crippen LogP contribution in [-0.2, 0) is 0 Å². The number of hydrogen-bond donors (Lipinski definition) is 3. The van der Waals surface area contributed by atoms with E-state index in [2.05, 4.69) is 30.2 Å². The molecule has 37 heavy (non-hydrogen) atoms. The average molecular weight is 499 g/mol. The van der Waals surface area contributed by atoms with E-state index >= 15 is 0 Å². The lowest BCUT2D eigenvalue weighted by atomic mass is 9.91. The van der Waals surface area contributed by atoms with Crippen LogP contribution in [0.5, 0.6) is 0 Å². The molecular weight excluding hydrogens is 468 g/mol. The van der Waals surface area contributed by atoms with E-state index < -0.39 is 5.60 Å². The van der Waals surface area contributed by atoms with Gasteiger partial charge in [-0.3, -0.25) is 14.8 Å². The van der Waals surface area contributed by atoms with E-state index in [1.807, 2.05) is 31.2 Å². The van der Waals surface area contributed by atoms with E-state index in [0.29, 0.717) is 24.3 Å². The minimum atomic E-state index is -1.03. The van der Waals surface area contributed by atoms with Gasteiger partial charge < -0.3 is 26.0 Å². The van der Waals surface area contributed by atoms with E-state index in [1.54, 1.807) is 48.7 Å². The number of aliphatic hydroxyl groups is 1. The van der Waals surface area contributed by atoms with Crippen molar-refractivity contribution in [1.82, 2.24) is 24.8 Å². The summed E-state index contributed by atoms with van der Waals surface area (Å²) >= 11 is 0. The van der Waals surface area contributed by atoms with Gasteiger partial charge in [0.25, 0.3) is 5.91 Å². The minimum Gasteiger partial charge on any atom is -0.386 e. The van der Waals surface area contributed by atoms with Gasteiger partial charge in [-0.25, -0.2) is 4.98 Å². The summed E-state index contributed by atoms with van der Waals surface area (Å²) in [7, 11) is 1.73. The Bertz CT molecular complexity index is 1400. The molecule has 1 atom stereocenters. The monoisotopic (exact) mass is 498 g/mol. The lowest BCUT2D eigenvalue weighted by molar-refractivity contribution is 0.0000685. The van der Waals surface area contributed by atoms with E-state index in [-0.39, 0.29) is 18.4 Å². The van der Waals surface area contributed by atoms with Gasteiger partial charge in [-0.15, -0.1) is 0 Å². The Hall–Kier alpha value is -4.31. The number of anilines is 4. The predicted octanol–water partition coefficient (Wildman–Crippen LogP) is 3.16. The van der Waals surface area contributed by atoms with Gasteiger partial charge in [-0.1, -0.05) is 0 Å². The van der Waals surface area contributed by atoms with Crippen LogP contribution in [0.1, 0.15) is 28.9 Å². The number of β-amino-alcohol motifs (C(OH)–C–C–N with tert-alkyl or cyclic N) is 1. The van der Waals surface area contributed by atoms with E-state index in [9.17, 15) is 9.90 Å². The van der Waals surface area contributed by atoms with Crippen molar-refractivity contribution in [3.05, 3.63) is 72.3 Å². The minimum absolute atomic E-state index is 0.155.